The van der Waals surface area contributed by atoms with E-state index in [2.05, 4.69) is 31.0 Å². The van der Waals surface area contributed by atoms with Gasteiger partial charge in [0.05, 0.1) is 18.7 Å². The summed E-state index contributed by atoms with van der Waals surface area (Å²) >= 11 is 3.27. The lowest BCUT2D eigenvalue weighted by molar-refractivity contribution is -0.136. The van der Waals surface area contributed by atoms with E-state index >= 15 is 0 Å². The lowest BCUT2D eigenvalue weighted by Crippen LogP contribution is -2.34. The molecule has 0 bridgehead atoms. The second-order valence-electron chi connectivity index (χ2n) is 4.77. The highest BCUT2D eigenvalue weighted by Gasteiger charge is 2.34. The summed E-state index contributed by atoms with van der Waals surface area (Å²) < 4.78 is 41.6. The molecule has 2 heterocycles. The van der Waals surface area contributed by atoms with Crippen LogP contribution in [0.5, 0.6) is 0 Å². The SMILES string of the molecule is [C-]#[N+]c1ccc(N2CCn3c(Br)nnc3C2)cc1C(F)(F)F. The van der Waals surface area contributed by atoms with E-state index in [4.69, 9.17) is 6.57 Å². The van der Waals surface area contributed by atoms with Crippen molar-refractivity contribution in [1.29, 1.82) is 0 Å². The number of benzene rings is 1. The van der Waals surface area contributed by atoms with Gasteiger partial charge in [-0.1, -0.05) is 6.07 Å². The number of hydrogen-bond donors (Lipinski definition) is 0. The zero-order valence-corrected chi connectivity index (χ0v) is 12.7. The van der Waals surface area contributed by atoms with Crippen molar-refractivity contribution in [2.45, 2.75) is 19.3 Å². The van der Waals surface area contributed by atoms with Gasteiger partial charge in [-0.25, -0.2) is 4.85 Å². The first-order valence-electron chi connectivity index (χ1n) is 6.31. The highest BCUT2D eigenvalue weighted by molar-refractivity contribution is 9.10. The third kappa shape index (κ3) is 2.54. The molecular weight excluding hydrogens is 363 g/mol. The molecule has 0 atom stereocenters. The van der Waals surface area contributed by atoms with Gasteiger partial charge >= 0.3 is 6.18 Å². The van der Waals surface area contributed by atoms with Crippen molar-refractivity contribution in [3.05, 3.63) is 45.7 Å². The number of rotatable bonds is 1. The Balaban J connectivity index is 1.95. The van der Waals surface area contributed by atoms with Crippen LogP contribution in [0.25, 0.3) is 4.85 Å². The van der Waals surface area contributed by atoms with Gasteiger partial charge in [-0.2, -0.15) is 13.2 Å². The first kappa shape index (κ1) is 14.8. The summed E-state index contributed by atoms with van der Waals surface area (Å²) in [5.41, 5.74) is -0.877. The van der Waals surface area contributed by atoms with E-state index in [1.807, 2.05) is 4.57 Å². The topological polar surface area (TPSA) is 38.3 Å². The molecule has 2 aromatic rings. The molecule has 0 saturated carbocycles. The van der Waals surface area contributed by atoms with Crippen LogP contribution < -0.4 is 4.90 Å². The van der Waals surface area contributed by atoms with Crippen LogP contribution in [0.4, 0.5) is 24.5 Å². The molecule has 3 rings (SSSR count). The average Bonchev–Trinajstić information content (AvgIpc) is 2.86. The summed E-state index contributed by atoms with van der Waals surface area (Å²) in [5.74, 6) is 0.681. The van der Waals surface area contributed by atoms with E-state index in [1.165, 1.54) is 12.1 Å². The van der Waals surface area contributed by atoms with Crippen molar-refractivity contribution in [2.75, 3.05) is 11.4 Å². The van der Waals surface area contributed by atoms with Gasteiger partial charge < -0.3 is 9.47 Å². The average molecular weight is 372 g/mol. The summed E-state index contributed by atoms with van der Waals surface area (Å²) in [6, 6.07) is 3.76. The summed E-state index contributed by atoms with van der Waals surface area (Å²) in [6.45, 7) is 8.35. The quantitative estimate of drug-likeness (QED) is 0.718. The molecule has 0 unspecified atom stereocenters. The van der Waals surface area contributed by atoms with E-state index < -0.39 is 11.7 Å². The van der Waals surface area contributed by atoms with Crippen molar-refractivity contribution >= 4 is 27.3 Å². The number of anilines is 1. The molecule has 1 aliphatic rings. The lowest BCUT2D eigenvalue weighted by atomic mass is 10.1. The van der Waals surface area contributed by atoms with E-state index in [1.54, 1.807) is 4.90 Å². The van der Waals surface area contributed by atoms with Gasteiger partial charge in [0.1, 0.15) is 0 Å². The van der Waals surface area contributed by atoms with E-state index in [-0.39, 0.29) is 5.69 Å². The number of fused-ring (bicyclic) bond motifs is 1. The van der Waals surface area contributed by atoms with Crippen molar-refractivity contribution in [3.8, 4) is 0 Å². The number of halogens is 4. The molecule has 1 aromatic heterocycles. The predicted molar refractivity (Wildman–Crippen MR) is 76.5 cm³/mol. The Morgan fingerprint density at radius 3 is 2.68 bits per heavy atom. The maximum Gasteiger partial charge on any atom is 0.407 e. The van der Waals surface area contributed by atoms with Crippen LogP contribution in [0, 0.1) is 6.57 Å². The minimum Gasteiger partial charge on any atom is -0.362 e. The molecule has 0 spiro atoms. The van der Waals surface area contributed by atoms with Crippen molar-refractivity contribution in [1.82, 2.24) is 14.8 Å². The normalized spacial score (nSPS) is 14.6. The Labute approximate surface area is 132 Å². The lowest BCUT2D eigenvalue weighted by Gasteiger charge is -2.30. The number of nitrogens with zero attached hydrogens (tertiary/aromatic N) is 5. The minimum atomic E-state index is -4.55. The fourth-order valence-corrected chi connectivity index (χ4v) is 2.85. The Bertz CT molecular complexity index is 762. The van der Waals surface area contributed by atoms with Gasteiger partial charge in [-0.3, -0.25) is 0 Å². The standard InChI is InChI=1S/C13H9BrF3N5/c1-18-10-3-2-8(6-9(10)13(15,16)17)21-4-5-22-11(7-21)19-20-12(22)14/h2-3,6H,4-5,7H2. The van der Waals surface area contributed by atoms with Crippen molar-refractivity contribution in [3.63, 3.8) is 0 Å². The van der Waals surface area contributed by atoms with Crippen LogP contribution in [0.15, 0.2) is 22.9 Å². The molecule has 22 heavy (non-hydrogen) atoms. The molecule has 0 radical (unpaired) electrons. The fraction of sp³-hybridized carbons (Fsp3) is 0.308. The van der Waals surface area contributed by atoms with Gasteiger partial charge in [0.25, 0.3) is 0 Å². The molecule has 0 aliphatic carbocycles. The van der Waals surface area contributed by atoms with Gasteiger partial charge in [0.2, 0.25) is 0 Å². The molecule has 0 saturated heterocycles. The molecule has 0 fully saturated rings. The first-order chi connectivity index (χ1) is 10.4. The maximum atomic E-state index is 13.0. The van der Waals surface area contributed by atoms with Gasteiger partial charge in [0, 0.05) is 18.8 Å². The summed E-state index contributed by atoms with van der Waals surface area (Å²) in [5, 5.41) is 7.88. The zero-order chi connectivity index (χ0) is 15.9. The number of alkyl halides is 3. The second-order valence-corrected chi connectivity index (χ2v) is 5.48. The molecule has 1 aromatic carbocycles. The molecule has 9 heteroatoms. The Morgan fingerprint density at radius 2 is 2.00 bits per heavy atom. The third-order valence-corrected chi connectivity index (χ3v) is 4.07. The third-order valence-electron chi connectivity index (χ3n) is 3.48. The molecule has 0 N–H and O–H groups in total. The summed E-state index contributed by atoms with van der Waals surface area (Å²) in [6.07, 6.45) is -4.55. The Hall–Kier alpha value is -2.08. The monoisotopic (exact) mass is 371 g/mol. The highest BCUT2D eigenvalue weighted by Crippen LogP contribution is 2.39. The van der Waals surface area contributed by atoms with Crippen LogP contribution in [0.3, 0.4) is 0 Å². The predicted octanol–water partition coefficient (Wildman–Crippen LogP) is 3.63. The van der Waals surface area contributed by atoms with Gasteiger partial charge in [-0.15, -0.1) is 10.2 Å². The van der Waals surface area contributed by atoms with Crippen molar-refractivity contribution < 1.29 is 13.2 Å². The molecule has 114 valence electrons. The van der Waals surface area contributed by atoms with Crippen molar-refractivity contribution in [2.24, 2.45) is 0 Å². The van der Waals surface area contributed by atoms with Crippen LogP contribution in [-0.2, 0) is 19.3 Å². The largest absolute Gasteiger partial charge is 0.407 e. The summed E-state index contributed by atoms with van der Waals surface area (Å²) in [7, 11) is 0. The zero-order valence-electron chi connectivity index (χ0n) is 11.1. The maximum absolute atomic E-state index is 13.0. The number of aromatic nitrogens is 3. The van der Waals surface area contributed by atoms with Crippen LogP contribution >= 0.6 is 15.9 Å². The minimum absolute atomic E-state index is 0.368. The first-order valence-corrected chi connectivity index (χ1v) is 7.10. The number of hydrogen-bond acceptors (Lipinski definition) is 3. The molecule has 0 amide bonds. The fourth-order valence-electron chi connectivity index (χ4n) is 2.39. The van der Waals surface area contributed by atoms with Gasteiger partial charge in [0.15, 0.2) is 16.2 Å². The van der Waals surface area contributed by atoms with E-state index in [0.717, 1.165) is 6.07 Å². The summed E-state index contributed by atoms with van der Waals surface area (Å²) in [4.78, 5) is 4.73. The smallest absolute Gasteiger partial charge is 0.362 e. The van der Waals surface area contributed by atoms with Gasteiger partial charge in [-0.05, 0) is 28.1 Å². The van der Waals surface area contributed by atoms with Crippen LogP contribution in [0.1, 0.15) is 11.4 Å². The Morgan fingerprint density at radius 1 is 1.23 bits per heavy atom. The molecule has 5 nitrogen and oxygen atoms in total. The molecular formula is C13H9BrF3N5. The second kappa shape index (κ2) is 5.28. The Kier molecular flexibility index (Phi) is 3.56. The van der Waals surface area contributed by atoms with Crippen LogP contribution in [-0.4, -0.2) is 21.3 Å². The van der Waals surface area contributed by atoms with Crippen LogP contribution in [0.2, 0.25) is 0 Å². The molecule has 1 aliphatic heterocycles. The van der Waals surface area contributed by atoms with E-state index in [0.29, 0.717) is 35.9 Å². The highest BCUT2D eigenvalue weighted by atomic mass is 79.9. The van der Waals surface area contributed by atoms with E-state index in [9.17, 15) is 13.2 Å².